The average molecular weight is 473 g/mol. The highest BCUT2D eigenvalue weighted by Gasteiger charge is 2.33. The number of rotatable bonds is 8. The molecule has 2 aromatic rings. The summed E-state index contributed by atoms with van der Waals surface area (Å²) in [7, 11) is -3.57. The molecule has 2 N–H and O–H groups in total. The lowest BCUT2D eigenvalue weighted by Gasteiger charge is -2.30. The molecule has 1 fully saturated rings. The number of amides is 1. The van der Waals surface area contributed by atoms with Gasteiger partial charge in [0.05, 0.1) is 10.8 Å². The quantitative estimate of drug-likeness (QED) is 0.589. The first-order chi connectivity index (χ1) is 15.8. The predicted octanol–water partition coefficient (Wildman–Crippen LogP) is 2.18. The van der Waals surface area contributed by atoms with Crippen LogP contribution < -0.4 is 10.5 Å². The van der Waals surface area contributed by atoms with Crippen molar-refractivity contribution >= 4 is 21.9 Å². The van der Waals surface area contributed by atoms with Crippen molar-refractivity contribution in [1.82, 2.24) is 4.31 Å². The smallest absolute Gasteiger partial charge is 0.309 e. The first-order valence-electron chi connectivity index (χ1n) is 11.1. The molecule has 0 spiro atoms. The fourth-order valence-corrected chi connectivity index (χ4v) is 5.86. The van der Waals surface area contributed by atoms with Crippen molar-refractivity contribution in [3.05, 3.63) is 59.2 Å². The summed E-state index contributed by atoms with van der Waals surface area (Å²) < 4.78 is 38.3. The second-order valence-electron chi connectivity index (χ2n) is 8.47. The predicted molar refractivity (Wildman–Crippen MR) is 121 cm³/mol. The van der Waals surface area contributed by atoms with E-state index in [0.29, 0.717) is 23.5 Å². The van der Waals surface area contributed by atoms with E-state index in [0.717, 1.165) is 30.4 Å². The molecule has 1 amide bonds. The number of carbonyl (C=O) groups excluding carboxylic acids is 2. The molecule has 8 nitrogen and oxygen atoms in total. The Kier molecular flexibility index (Phi) is 6.99. The second-order valence-corrected chi connectivity index (χ2v) is 10.4. The van der Waals surface area contributed by atoms with Gasteiger partial charge in [-0.1, -0.05) is 18.2 Å². The standard InChI is InChI=1S/C24H28N2O6S/c25-23(27)16-31-21-6-1-3-17(13-21)15-32-24(28)19-9-11-26(12-10-19)33(29,30)22-8-7-18-4-2-5-20(18)14-22/h1,3,6-8,13-14,19H,2,4-5,9-12,15-16H2,(H2,25,27). The molecule has 1 heterocycles. The van der Waals surface area contributed by atoms with Crippen LogP contribution in [0, 0.1) is 5.92 Å². The molecule has 9 heteroatoms. The van der Waals surface area contributed by atoms with E-state index in [4.69, 9.17) is 15.2 Å². The van der Waals surface area contributed by atoms with Gasteiger partial charge < -0.3 is 15.2 Å². The van der Waals surface area contributed by atoms with Crippen LogP contribution in [0.5, 0.6) is 5.75 Å². The Labute approximate surface area is 193 Å². The number of esters is 1. The van der Waals surface area contributed by atoms with Crippen LogP contribution in [0.25, 0.3) is 0 Å². The molecule has 2 aromatic carbocycles. The maximum Gasteiger partial charge on any atom is 0.309 e. The number of piperidine rings is 1. The van der Waals surface area contributed by atoms with Gasteiger partial charge in [0.25, 0.3) is 5.91 Å². The van der Waals surface area contributed by atoms with Crippen molar-refractivity contribution in [2.75, 3.05) is 19.7 Å². The molecule has 33 heavy (non-hydrogen) atoms. The highest BCUT2D eigenvalue weighted by atomic mass is 32.2. The van der Waals surface area contributed by atoms with Gasteiger partial charge in [0.2, 0.25) is 10.0 Å². The minimum Gasteiger partial charge on any atom is -0.484 e. The number of primary amides is 1. The van der Waals surface area contributed by atoms with Crippen LogP contribution in [-0.4, -0.2) is 44.3 Å². The zero-order valence-corrected chi connectivity index (χ0v) is 19.2. The molecule has 1 saturated heterocycles. The van der Waals surface area contributed by atoms with Crippen molar-refractivity contribution < 1.29 is 27.5 Å². The van der Waals surface area contributed by atoms with Gasteiger partial charge in [-0.05, 0) is 73.1 Å². The SMILES string of the molecule is NC(=O)COc1cccc(COC(=O)C2CCN(S(=O)(=O)c3ccc4c(c3)CCC4)CC2)c1. The van der Waals surface area contributed by atoms with E-state index in [1.54, 1.807) is 36.4 Å². The van der Waals surface area contributed by atoms with Crippen LogP contribution in [0.2, 0.25) is 0 Å². The molecule has 4 rings (SSSR count). The van der Waals surface area contributed by atoms with Crippen molar-refractivity contribution in [3.8, 4) is 5.75 Å². The summed E-state index contributed by atoms with van der Waals surface area (Å²) in [5.74, 6) is -0.789. The number of fused-ring (bicyclic) bond motifs is 1. The van der Waals surface area contributed by atoms with Gasteiger partial charge in [0, 0.05) is 13.1 Å². The Morgan fingerprint density at radius 2 is 1.79 bits per heavy atom. The van der Waals surface area contributed by atoms with Crippen LogP contribution in [0.4, 0.5) is 0 Å². The molecule has 0 radical (unpaired) electrons. The Bertz CT molecular complexity index is 1140. The van der Waals surface area contributed by atoms with Gasteiger partial charge in [-0.15, -0.1) is 0 Å². The van der Waals surface area contributed by atoms with E-state index in [1.165, 1.54) is 9.87 Å². The number of carbonyl (C=O) groups is 2. The van der Waals surface area contributed by atoms with Crippen LogP contribution in [-0.2, 0) is 43.8 Å². The maximum absolute atomic E-state index is 13.1. The van der Waals surface area contributed by atoms with E-state index in [9.17, 15) is 18.0 Å². The first-order valence-corrected chi connectivity index (χ1v) is 12.6. The van der Waals surface area contributed by atoms with Gasteiger partial charge in [-0.2, -0.15) is 4.31 Å². The van der Waals surface area contributed by atoms with Crippen molar-refractivity contribution in [2.24, 2.45) is 11.7 Å². The molecule has 0 unspecified atom stereocenters. The normalized spacial score (nSPS) is 16.8. The zero-order valence-electron chi connectivity index (χ0n) is 18.4. The molecular weight excluding hydrogens is 444 g/mol. The summed E-state index contributed by atoms with van der Waals surface area (Å²) in [5, 5.41) is 0. The third kappa shape index (κ3) is 5.54. The Balaban J connectivity index is 1.29. The van der Waals surface area contributed by atoms with Crippen LogP contribution >= 0.6 is 0 Å². The van der Waals surface area contributed by atoms with E-state index >= 15 is 0 Å². The van der Waals surface area contributed by atoms with Gasteiger partial charge in [0.1, 0.15) is 12.4 Å². The Morgan fingerprint density at radius 1 is 1.03 bits per heavy atom. The third-order valence-electron chi connectivity index (χ3n) is 6.16. The molecule has 0 aromatic heterocycles. The lowest BCUT2D eigenvalue weighted by Crippen LogP contribution is -2.40. The fraction of sp³-hybridized carbons (Fsp3) is 0.417. The molecule has 0 atom stereocenters. The van der Waals surface area contributed by atoms with Crippen LogP contribution in [0.1, 0.15) is 36.0 Å². The number of nitrogens with two attached hydrogens (primary N) is 1. The summed E-state index contributed by atoms with van der Waals surface area (Å²) >= 11 is 0. The fourth-order valence-electron chi connectivity index (χ4n) is 4.34. The van der Waals surface area contributed by atoms with Crippen molar-refractivity contribution in [2.45, 2.75) is 43.6 Å². The van der Waals surface area contributed by atoms with Gasteiger partial charge in [0.15, 0.2) is 6.61 Å². The van der Waals surface area contributed by atoms with Crippen molar-refractivity contribution in [1.29, 1.82) is 0 Å². The lowest BCUT2D eigenvalue weighted by molar-refractivity contribution is -0.151. The summed E-state index contributed by atoms with van der Waals surface area (Å²) in [4.78, 5) is 23.7. The minimum absolute atomic E-state index is 0.0697. The number of hydrogen-bond acceptors (Lipinski definition) is 6. The highest BCUT2D eigenvalue weighted by Crippen LogP contribution is 2.29. The van der Waals surface area contributed by atoms with E-state index in [2.05, 4.69) is 0 Å². The third-order valence-corrected chi connectivity index (χ3v) is 8.05. The lowest BCUT2D eigenvalue weighted by atomic mass is 9.98. The number of nitrogens with zero attached hydrogens (tertiary/aromatic N) is 1. The molecule has 2 aliphatic rings. The first kappa shape index (κ1) is 23.3. The van der Waals surface area contributed by atoms with E-state index < -0.39 is 15.9 Å². The number of ether oxygens (including phenoxy) is 2. The zero-order chi connectivity index (χ0) is 23.4. The van der Waals surface area contributed by atoms with Crippen LogP contribution in [0.3, 0.4) is 0 Å². The van der Waals surface area contributed by atoms with Crippen molar-refractivity contribution in [3.63, 3.8) is 0 Å². The Hall–Kier alpha value is -2.91. The van der Waals surface area contributed by atoms with E-state index in [1.807, 2.05) is 6.07 Å². The van der Waals surface area contributed by atoms with Gasteiger partial charge in [-0.25, -0.2) is 8.42 Å². The number of benzene rings is 2. The number of hydrogen-bond donors (Lipinski definition) is 1. The molecular formula is C24H28N2O6S. The summed E-state index contributed by atoms with van der Waals surface area (Å²) in [5.41, 5.74) is 8.16. The largest absolute Gasteiger partial charge is 0.484 e. The van der Waals surface area contributed by atoms with Crippen LogP contribution in [0.15, 0.2) is 47.4 Å². The summed E-state index contributed by atoms with van der Waals surface area (Å²) in [6, 6.07) is 12.3. The topological polar surface area (TPSA) is 116 Å². The molecule has 176 valence electrons. The maximum atomic E-state index is 13.1. The van der Waals surface area contributed by atoms with Gasteiger partial charge in [-0.3, -0.25) is 9.59 Å². The number of aryl methyl sites for hydroxylation is 2. The van der Waals surface area contributed by atoms with Gasteiger partial charge >= 0.3 is 5.97 Å². The summed E-state index contributed by atoms with van der Waals surface area (Å²) in [6.45, 7) is 0.418. The molecule has 1 aliphatic heterocycles. The Morgan fingerprint density at radius 3 is 2.55 bits per heavy atom. The molecule has 0 bridgehead atoms. The highest BCUT2D eigenvalue weighted by molar-refractivity contribution is 7.89. The minimum atomic E-state index is -3.57. The molecule has 0 saturated carbocycles. The average Bonchev–Trinajstić information content (AvgIpc) is 3.29. The molecule has 1 aliphatic carbocycles. The van der Waals surface area contributed by atoms with E-state index in [-0.39, 0.29) is 38.2 Å². The second kappa shape index (κ2) is 9.93. The number of sulfonamides is 1. The summed E-state index contributed by atoms with van der Waals surface area (Å²) in [6.07, 6.45) is 3.84. The monoisotopic (exact) mass is 472 g/mol.